The second-order valence-corrected chi connectivity index (χ2v) is 3.07. The normalized spacial score (nSPS) is 8.80. The summed E-state index contributed by atoms with van der Waals surface area (Å²) in [5, 5.41) is 7.00. The van der Waals surface area contributed by atoms with Gasteiger partial charge in [0.1, 0.15) is 12.0 Å². The lowest BCUT2D eigenvalue weighted by molar-refractivity contribution is -0.107. The summed E-state index contributed by atoms with van der Waals surface area (Å²) >= 11 is 0.633. The summed E-state index contributed by atoms with van der Waals surface area (Å²) in [5.41, 5.74) is 0.879. The third-order valence-corrected chi connectivity index (χ3v) is 2.18. The van der Waals surface area contributed by atoms with Gasteiger partial charge < -0.3 is 19.2 Å². The minimum absolute atomic E-state index is 0.368. The molecule has 1 aromatic rings. The molecule has 4 nitrogen and oxygen atoms in total. The van der Waals surface area contributed by atoms with E-state index in [2.05, 4.69) is 0 Å². The number of hydrogen-bond donors (Lipinski definition) is 2. The van der Waals surface area contributed by atoms with E-state index < -0.39 is 0 Å². The summed E-state index contributed by atoms with van der Waals surface area (Å²) in [6, 6.07) is 5.25. The van der Waals surface area contributed by atoms with Crippen LogP contribution in [0.25, 0.3) is 0 Å². The molecule has 1 rings (SSSR count). The number of aliphatic hydroxyl groups is 1. The maximum atomic E-state index is 10.2. The van der Waals surface area contributed by atoms with Crippen LogP contribution in [0, 0.1) is 0 Å². The zero-order valence-electron chi connectivity index (χ0n) is 8.64. The molecule has 0 aliphatic carbocycles. The number of carbonyl (C=O) groups is 1. The van der Waals surface area contributed by atoms with E-state index in [-0.39, 0.29) is 0 Å². The van der Waals surface area contributed by atoms with Gasteiger partial charge in [-0.2, -0.15) is 0 Å². The molecule has 0 aliphatic heterocycles. The maximum absolute atomic E-state index is 10.2. The molecule has 0 saturated carbocycles. The van der Waals surface area contributed by atoms with Crippen LogP contribution in [0.2, 0.25) is 0 Å². The Kier molecular flexibility index (Phi) is 7.71. The predicted octanol–water partition coefficient (Wildman–Crippen LogP) is 1.61. The average Bonchev–Trinajstić information content (AvgIpc) is 2.32. The van der Waals surface area contributed by atoms with Crippen LogP contribution in [0.15, 0.2) is 23.1 Å². The smallest absolute Gasteiger partial charge is 0.135 e. The highest BCUT2D eigenvalue weighted by Crippen LogP contribution is 2.27. The quantitative estimate of drug-likeness (QED) is 0.607. The lowest BCUT2D eigenvalue weighted by Crippen LogP contribution is -1.90. The van der Waals surface area contributed by atoms with Crippen molar-refractivity contribution in [3.8, 4) is 5.75 Å². The third kappa shape index (κ3) is 4.33. The highest BCUT2D eigenvalue weighted by atomic mass is 32.2. The summed E-state index contributed by atoms with van der Waals surface area (Å²) in [4.78, 5) is 10.9. The standard InChI is InChI=1S/C9H10O3S.CH4O/c1-12-8-6-7(4-5-10)2-3-9(8)13-11;1-2/h2-3,5-6,11H,4H2,1H3;2H,1H3. The van der Waals surface area contributed by atoms with Crippen LogP contribution in [0.1, 0.15) is 5.56 Å². The van der Waals surface area contributed by atoms with Gasteiger partial charge in [0.25, 0.3) is 0 Å². The van der Waals surface area contributed by atoms with Crippen molar-refractivity contribution in [2.75, 3.05) is 14.2 Å². The van der Waals surface area contributed by atoms with Gasteiger partial charge in [0.15, 0.2) is 0 Å². The maximum Gasteiger partial charge on any atom is 0.135 e. The molecule has 1 aromatic carbocycles. The molecule has 0 heterocycles. The van der Waals surface area contributed by atoms with Crippen molar-refractivity contribution >= 4 is 18.3 Å². The average molecular weight is 230 g/mol. The van der Waals surface area contributed by atoms with Crippen LogP contribution in [-0.2, 0) is 11.2 Å². The predicted molar refractivity (Wildman–Crippen MR) is 59.4 cm³/mol. The van der Waals surface area contributed by atoms with E-state index in [0.717, 1.165) is 19.0 Å². The molecule has 15 heavy (non-hydrogen) atoms. The van der Waals surface area contributed by atoms with Crippen molar-refractivity contribution in [2.45, 2.75) is 11.3 Å². The Morgan fingerprint density at radius 3 is 2.60 bits per heavy atom. The first kappa shape index (κ1) is 14.0. The van der Waals surface area contributed by atoms with E-state index in [9.17, 15) is 4.79 Å². The number of carbonyl (C=O) groups excluding carboxylic acids is 1. The van der Waals surface area contributed by atoms with Gasteiger partial charge in [0, 0.05) is 25.6 Å². The molecular weight excluding hydrogens is 216 g/mol. The van der Waals surface area contributed by atoms with E-state index in [4.69, 9.17) is 14.4 Å². The van der Waals surface area contributed by atoms with Crippen LogP contribution >= 0.6 is 12.0 Å². The Hall–Kier alpha value is -1.04. The minimum atomic E-state index is 0.368. The molecule has 0 aliphatic rings. The Balaban J connectivity index is 0.000000921. The van der Waals surface area contributed by atoms with Gasteiger partial charge in [0.05, 0.1) is 12.0 Å². The summed E-state index contributed by atoms with van der Waals surface area (Å²) in [6.45, 7) is 0. The molecule has 0 saturated heterocycles. The van der Waals surface area contributed by atoms with E-state index in [1.54, 1.807) is 18.2 Å². The van der Waals surface area contributed by atoms with E-state index in [1.807, 2.05) is 0 Å². The lowest BCUT2D eigenvalue weighted by atomic mass is 10.1. The minimum Gasteiger partial charge on any atom is -0.495 e. The fraction of sp³-hybridized carbons (Fsp3) is 0.300. The van der Waals surface area contributed by atoms with Crippen molar-refractivity contribution in [3.05, 3.63) is 23.8 Å². The Morgan fingerprint density at radius 2 is 2.13 bits per heavy atom. The highest BCUT2D eigenvalue weighted by molar-refractivity contribution is 7.93. The molecule has 2 N–H and O–H groups in total. The first-order valence-corrected chi connectivity index (χ1v) is 4.96. The number of methoxy groups -OCH3 is 1. The summed E-state index contributed by atoms with van der Waals surface area (Å²) in [7, 11) is 2.53. The van der Waals surface area contributed by atoms with E-state index >= 15 is 0 Å². The molecule has 5 heteroatoms. The molecule has 0 radical (unpaired) electrons. The largest absolute Gasteiger partial charge is 0.495 e. The van der Waals surface area contributed by atoms with E-state index in [1.165, 1.54) is 7.11 Å². The van der Waals surface area contributed by atoms with Crippen LogP contribution in [-0.4, -0.2) is 30.2 Å². The molecular formula is C10H14O4S. The van der Waals surface area contributed by atoms with Crippen molar-refractivity contribution in [3.63, 3.8) is 0 Å². The van der Waals surface area contributed by atoms with Crippen molar-refractivity contribution < 1.29 is 19.2 Å². The van der Waals surface area contributed by atoms with Gasteiger partial charge in [-0.25, -0.2) is 0 Å². The molecule has 84 valence electrons. The third-order valence-electron chi connectivity index (χ3n) is 1.65. The molecule has 0 amide bonds. The first-order chi connectivity index (χ1) is 7.31. The van der Waals surface area contributed by atoms with Gasteiger partial charge in [-0.1, -0.05) is 6.07 Å². The van der Waals surface area contributed by atoms with Crippen LogP contribution < -0.4 is 4.74 Å². The number of hydrogen-bond acceptors (Lipinski definition) is 5. The van der Waals surface area contributed by atoms with E-state index in [0.29, 0.717) is 29.1 Å². The van der Waals surface area contributed by atoms with Crippen molar-refractivity contribution in [1.82, 2.24) is 0 Å². The Morgan fingerprint density at radius 1 is 1.47 bits per heavy atom. The van der Waals surface area contributed by atoms with Gasteiger partial charge >= 0.3 is 0 Å². The second-order valence-electron chi connectivity index (χ2n) is 2.45. The SMILES string of the molecule is CO.COc1cc(CC=O)ccc1SO. The van der Waals surface area contributed by atoms with Crippen LogP contribution in [0.4, 0.5) is 0 Å². The summed E-state index contributed by atoms with van der Waals surface area (Å²) in [5.74, 6) is 0.590. The van der Waals surface area contributed by atoms with Crippen LogP contribution in [0.3, 0.4) is 0 Å². The van der Waals surface area contributed by atoms with Gasteiger partial charge in [-0.3, -0.25) is 0 Å². The molecule has 0 spiro atoms. The number of aliphatic hydroxyl groups excluding tert-OH is 1. The molecule has 0 unspecified atom stereocenters. The van der Waals surface area contributed by atoms with Crippen LogP contribution in [0.5, 0.6) is 5.75 Å². The zero-order valence-corrected chi connectivity index (χ0v) is 9.45. The van der Waals surface area contributed by atoms with Crippen molar-refractivity contribution in [2.24, 2.45) is 0 Å². The summed E-state index contributed by atoms with van der Waals surface area (Å²) < 4.78 is 13.9. The van der Waals surface area contributed by atoms with Crippen molar-refractivity contribution in [1.29, 1.82) is 0 Å². The number of rotatable bonds is 4. The number of benzene rings is 1. The molecule has 0 atom stereocenters. The topological polar surface area (TPSA) is 66.8 Å². The monoisotopic (exact) mass is 230 g/mol. The molecule has 0 fully saturated rings. The first-order valence-electron chi connectivity index (χ1n) is 4.18. The van der Waals surface area contributed by atoms with Gasteiger partial charge in [-0.15, -0.1) is 0 Å². The lowest BCUT2D eigenvalue weighted by Gasteiger charge is -2.05. The molecule has 0 bridgehead atoms. The Bertz CT molecular complexity index is 301. The second kappa shape index (κ2) is 8.28. The van der Waals surface area contributed by atoms with Gasteiger partial charge in [0.2, 0.25) is 0 Å². The zero-order chi connectivity index (χ0) is 11.7. The fourth-order valence-electron chi connectivity index (χ4n) is 1.01. The molecule has 0 aromatic heterocycles. The summed E-state index contributed by atoms with van der Waals surface area (Å²) in [6.07, 6.45) is 1.20. The fourth-order valence-corrected chi connectivity index (χ4v) is 1.37. The van der Waals surface area contributed by atoms with Gasteiger partial charge in [-0.05, 0) is 17.7 Å². The Labute approximate surface area is 93.1 Å². The number of ether oxygens (including phenoxy) is 1. The highest BCUT2D eigenvalue weighted by Gasteiger charge is 2.03. The number of aldehydes is 1.